The zero-order valence-corrected chi connectivity index (χ0v) is 33.8. The average molecular weight is 777 g/mol. The minimum absolute atomic E-state index is 0.00423. The van der Waals surface area contributed by atoms with Crippen molar-refractivity contribution >= 4 is 11.8 Å². The highest BCUT2D eigenvalue weighted by Crippen LogP contribution is 2.58. The molecule has 4 aromatic carbocycles. The molecule has 2 heterocycles. The molecule has 6 aromatic rings. The van der Waals surface area contributed by atoms with Crippen LogP contribution in [0, 0.1) is 16.2 Å². The number of aromatic amines is 2. The van der Waals surface area contributed by atoms with E-state index < -0.39 is 10.8 Å². The maximum atomic E-state index is 14.0. The number of carbonyl (C=O) groups excluding carboxylic acids is 2. The Labute approximate surface area is 340 Å². The zero-order valence-electron chi connectivity index (χ0n) is 33.8. The van der Waals surface area contributed by atoms with E-state index in [2.05, 4.69) is 94.9 Å². The smallest absolute Gasteiger partial charge is 0.229 e. The van der Waals surface area contributed by atoms with Gasteiger partial charge in [0.15, 0.2) is 0 Å². The Morgan fingerprint density at radius 2 is 1.09 bits per heavy atom. The van der Waals surface area contributed by atoms with Gasteiger partial charge in [-0.1, -0.05) is 130 Å². The second-order valence-electron chi connectivity index (χ2n) is 16.9. The van der Waals surface area contributed by atoms with Crippen LogP contribution in [0.25, 0.3) is 33.6 Å². The lowest BCUT2D eigenvalue weighted by molar-refractivity contribution is -0.134. The van der Waals surface area contributed by atoms with Gasteiger partial charge in [0.1, 0.15) is 11.6 Å². The molecule has 2 aliphatic carbocycles. The molecule has 10 heteroatoms. The molecule has 0 aliphatic heterocycles. The number of H-pyrrole nitrogens is 2. The van der Waals surface area contributed by atoms with Crippen molar-refractivity contribution < 1.29 is 19.1 Å². The summed E-state index contributed by atoms with van der Waals surface area (Å²) in [7, 11) is 3.35. The van der Waals surface area contributed by atoms with Crippen molar-refractivity contribution in [1.29, 1.82) is 0 Å². The number of ether oxygens (including phenoxy) is 2. The van der Waals surface area contributed by atoms with E-state index in [9.17, 15) is 9.59 Å². The number of rotatable bonds is 15. The normalized spacial score (nSPS) is 16.8. The molecule has 2 aliphatic rings. The zero-order chi connectivity index (χ0) is 40.5. The standard InChI is InChI=1S/C48H52N6O4/c1-46(2,3)40(54-45(56)48(26-27-48)42(58-5)36-14-10-7-11-15-36)43-50-29-38(53-43)34-22-18-32(19-23-34)31-16-20-33(21-17-31)37-28-49-39(52-37)30-51-44(55)47(24-25-47)41(57-4)35-12-8-6-9-13-35/h6-23,28-29,40-42H,24-27,30H2,1-5H3,(H,49,52)(H,50,53)(H,51,55)(H,54,56). The van der Waals surface area contributed by atoms with Gasteiger partial charge in [0, 0.05) is 14.2 Å². The van der Waals surface area contributed by atoms with Gasteiger partial charge in [-0.3, -0.25) is 9.59 Å². The highest BCUT2D eigenvalue weighted by Gasteiger charge is 2.58. The van der Waals surface area contributed by atoms with Crippen LogP contribution >= 0.6 is 0 Å². The van der Waals surface area contributed by atoms with Crippen LogP contribution in [0.1, 0.15) is 87.5 Å². The summed E-state index contributed by atoms with van der Waals surface area (Å²) in [6.07, 6.45) is 6.20. The van der Waals surface area contributed by atoms with Crippen LogP contribution in [0.5, 0.6) is 0 Å². The maximum absolute atomic E-state index is 14.0. The number of nitrogens with zero attached hydrogens (tertiary/aromatic N) is 2. The van der Waals surface area contributed by atoms with Gasteiger partial charge in [-0.15, -0.1) is 0 Å². The maximum Gasteiger partial charge on any atom is 0.229 e. The molecule has 2 saturated carbocycles. The number of aromatic nitrogens is 4. The summed E-state index contributed by atoms with van der Waals surface area (Å²) < 4.78 is 11.8. The minimum Gasteiger partial charge on any atom is -0.376 e. The van der Waals surface area contributed by atoms with Gasteiger partial charge >= 0.3 is 0 Å². The molecule has 0 bridgehead atoms. The lowest BCUT2D eigenvalue weighted by Gasteiger charge is -2.33. The van der Waals surface area contributed by atoms with E-state index in [4.69, 9.17) is 14.5 Å². The van der Waals surface area contributed by atoms with Gasteiger partial charge < -0.3 is 30.1 Å². The molecule has 4 N–H and O–H groups in total. The fourth-order valence-electron chi connectivity index (χ4n) is 8.33. The first-order valence-corrected chi connectivity index (χ1v) is 20.1. The first kappa shape index (κ1) is 39.0. The molecule has 3 unspecified atom stereocenters. The summed E-state index contributed by atoms with van der Waals surface area (Å²) >= 11 is 0. The molecule has 58 heavy (non-hydrogen) atoms. The Hall–Kier alpha value is -5.84. The molecular formula is C48H52N6O4. The van der Waals surface area contributed by atoms with E-state index >= 15 is 0 Å². The molecular weight excluding hydrogens is 725 g/mol. The van der Waals surface area contributed by atoms with Crippen LogP contribution in [0.3, 0.4) is 0 Å². The molecule has 0 radical (unpaired) electrons. The van der Waals surface area contributed by atoms with Gasteiger partial charge in [-0.05, 0) is 64.5 Å². The van der Waals surface area contributed by atoms with Crippen molar-refractivity contribution in [2.45, 2.75) is 71.2 Å². The van der Waals surface area contributed by atoms with Crippen molar-refractivity contribution in [2.75, 3.05) is 14.2 Å². The SMILES string of the molecule is COC(c1ccccc1)C1(C(=O)NCc2ncc(-c3ccc(-c4ccc(-c5cnc(C(NC(=O)C6(C(OC)c7ccccc7)CC6)C(C)(C)C)[nH]5)cc4)cc3)[nH]2)CC1. The van der Waals surface area contributed by atoms with Crippen LogP contribution in [0.15, 0.2) is 122 Å². The summed E-state index contributed by atoms with van der Waals surface area (Å²) in [5.74, 6) is 1.40. The Morgan fingerprint density at radius 3 is 1.55 bits per heavy atom. The number of carbonyl (C=O) groups is 2. The topological polar surface area (TPSA) is 134 Å². The van der Waals surface area contributed by atoms with Gasteiger partial charge in [0.2, 0.25) is 11.8 Å². The Morgan fingerprint density at radius 1 is 0.638 bits per heavy atom. The van der Waals surface area contributed by atoms with E-state index in [1.807, 2.05) is 66.9 Å². The third kappa shape index (κ3) is 7.74. The largest absolute Gasteiger partial charge is 0.376 e. The van der Waals surface area contributed by atoms with Gasteiger partial charge in [-0.2, -0.15) is 0 Å². The van der Waals surface area contributed by atoms with Crippen LogP contribution in [-0.2, 0) is 25.6 Å². The number of amides is 2. The number of hydrogen-bond acceptors (Lipinski definition) is 6. The van der Waals surface area contributed by atoms with E-state index in [-0.39, 0.29) is 35.5 Å². The summed E-state index contributed by atoms with van der Waals surface area (Å²) in [6, 6.07) is 36.3. The summed E-state index contributed by atoms with van der Waals surface area (Å²) in [6.45, 7) is 6.66. The van der Waals surface area contributed by atoms with Gasteiger partial charge in [0.05, 0.1) is 59.4 Å². The third-order valence-electron chi connectivity index (χ3n) is 11.9. The lowest BCUT2D eigenvalue weighted by atomic mass is 9.84. The molecule has 298 valence electrons. The highest BCUT2D eigenvalue weighted by atomic mass is 16.5. The minimum atomic E-state index is -0.596. The van der Waals surface area contributed by atoms with Crippen LogP contribution in [0.2, 0.25) is 0 Å². The second-order valence-corrected chi connectivity index (χ2v) is 16.9. The number of hydrogen-bond donors (Lipinski definition) is 4. The number of nitrogens with one attached hydrogen (secondary N) is 4. The van der Waals surface area contributed by atoms with Crippen molar-refractivity contribution in [1.82, 2.24) is 30.6 Å². The van der Waals surface area contributed by atoms with Crippen molar-refractivity contribution in [3.63, 3.8) is 0 Å². The lowest BCUT2D eigenvalue weighted by Crippen LogP contribution is -2.43. The predicted octanol–water partition coefficient (Wildman–Crippen LogP) is 9.29. The van der Waals surface area contributed by atoms with Crippen molar-refractivity contribution in [3.8, 4) is 33.6 Å². The third-order valence-corrected chi connectivity index (χ3v) is 11.9. The summed E-state index contributed by atoms with van der Waals surface area (Å²) in [4.78, 5) is 43.6. The predicted molar refractivity (Wildman–Crippen MR) is 225 cm³/mol. The van der Waals surface area contributed by atoms with Crippen molar-refractivity contribution in [2.24, 2.45) is 16.2 Å². The second kappa shape index (κ2) is 15.8. The number of methoxy groups -OCH3 is 2. The fraction of sp³-hybridized carbons (Fsp3) is 0.333. The fourth-order valence-corrected chi connectivity index (χ4v) is 8.33. The quantitative estimate of drug-likeness (QED) is 0.0822. The molecule has 2 aromatic heterocycles. The van der Waals surface area contributed by atoms with E-state index in [1.165, 1.54) is 0 Å². The molecule has 2 amide bonds. The molecule has 10 nitrogen and oxygen atoms in total. The van der Waals surface area contributed by atoms with Crippen LogP contribution in [0.4, 0.5) is 0 Å². The van der Waals surface area contributed by atoms with Crippen LogP contribution < -0.4 is 10.6 Å². The van der Waals surface area contributed by atoms with Crippen molar-refractivity contribution in [3.05, 3.63) is 144 Å². The molecule has 3 atom stereocenters. The molecule has 8 rings (SSSR count). The molecule has 2 fully saturated rings. The number of benzene rings is 4. The first-order chi connectivity index (χ1) is 28.0. The average Bonchev–Trinajstić information content (AvgIpc) is 4.12. The van der Waals surface area contributed by atoms with Gasteiger partial charge in [-0.25, -0.2) is 9.97 Å². The molecule has 0 saturated heterocycles. The first-order valence-electron chi connectivity index (χ1n) is 20.1. The Bertz CT molecular complexity index is 2340. The monoisotopic (exact) mass is 776 g/mol. The Kier molecular flexibility index (Phi) is 10.6. The van der Waals surface area contributed by atoms with E-state index in [0.717, 1.165) is 76.3 Å². The highest BCUT2D eigenvalue weighted by molar-refractivity contribution is 5.87. The molecule has 0 spiro atoms. The summed E-state index contributed by atoms with van der Waals surface area (Å²) in [5, 5.41) is 6.46. The number of imidazole rings is 2. The summed E-state index contributed by atoms with van der Waals surface area (Å²) in [5.41, 5.74) is 6.53. The van der Waals surface area contributed by atoms with Gasteiger partial charge in [0.25, 0.3) is 0 Å². The van der Waals surface area contributed by atoms with Crippen LogP contribution in [-0.4, -0.2) is 46.0 Å². The van der Waals surface area contributed by atoms with E-state index in [1.54, 1.807) is 20.4 Å². The Balaban J connectivity index is 0.896. The van der Waals surface area contributed by atoms with E-state index in [0.29, 0.717) is 12.4 Å².